The summed E-state index contributed by atoms with van der Waals surface area (Å²) in [6.45, 7) is 7.19. The number of hydrogen-bond donors (Lipinski definition) is 0. The van der Waals surface area contributed by atoms with Crippen LogP contribution in [0.2, 0.25) is 0 Å². The van der Waals surface area contributed by atoms with Crippen molar-refractivity contribution in [2.75, 3.05) is 25.4 Å². The molecule has 0 bridgehead atoms. The Morgan fingerprint density at radius 3 is 2.47 bits per heavy atom. The van der Waals surface area contributed by atoms with Crippen molar-refractivity contribution in [2.45, 2.75) is 56.6 Å². The third-order valence-electron chi connectivity index (χ3n) is 6.55. The van der Waals surface area contributed by atoms with Gasteiger partial charge in [-0.15, -0.1) is 0 Å². The number of hydrogen-bond acceptors (Lipinski definition) is 5. The molecule has 34 heavy (non-hydrogen) atoms. The second-order valence-corrected chi connectivity index (χ2v) is 11.6. The van der Waals surface area contributed by atoms with Crippen LogP contribution in [0, 0.1) is 11.7 Å². The SMILES string of the molecule is CCO[C@@H]1CC2(CCN(C(=O)c3ccc(S(=O)(=O)CC(C)C)cc3)CC2)Oc2ccc(F)cc21. The average molecular weight is 490 g/mol. The van der Waals surface area contributed by atoms with Gasteiger partial charge in [0, 0.05) is 50.1 Å². The van der Waals surface area contributed by atoms with E-state index in [4.69, 9.17) is 9.47 Å². The van der Waals surface area contributed by atoms with Gasteiger partial charge in [0.1, 0.15) is 17.2 Å². The summed E-state index contributed by atoms with van der Waals surface area (Å²) >= 11 is 0. The van der Waals surface area contributed by atoms with Crippen molar-refractivity contribution in [2.24, 2.45) is 5.92 Å². The highest BCUT2D eigenvalue weighted by atomic mass is 32.2. The summed E-state index contributed by atoms with van der Waals surface area (Å²) in [6.07, 6.45) is 1.65. The monoisotopic (exact) mass is 489 g/mol. The molecule has 0 saturated carbocycles. The molecular formula is C26H32FNO5S. The number of sulfone groups is 1. The maximum Gasteiger partial charge on any atom is 0.253 e. The maximum absolute atomic E-state index is 13.8. The molecule has 1 fully saturated rings. The zero-order chi connectivity index (χ0) is 24.5. The number of benzene rings is 2. The number of piperidine rings is 1. The van der Waals surface area contributed by atoms with E-state index < -0.39 is 15.4 Å². The molecule has 1 saturated heterocycles. The third kappa shape index (κ3) is 5.13. The number of carbonyl (C=O) groups excluding carboxylic acids is 1. The van der Waals surface area contributed by atoms with Crippen molar-refractivity contribution < 1.29 is 27.1 Å². The molecule has 1 amide bonds. The van der Waals surface area contributed by atoms with E-state index in [1.165, 1.54) is 24.3 Å². The van der Waals surface area contributed by atoms with E-state index in [-0.39, 0.29) is 34.4 Å². The minimum absolute atomic E-state index is 0.0299. The van der Waals surface area contributed by atoms with Crippen molar-refractivity contribution >= 4 is 15.7 Å². The Morgan fingerprint density at radius 1 is 1.18 bits per heavy atom. The van der Waals surface area contributed by atoms with Gasteiger partial charge in [0.2, 0.25) is 0 Å². The molecule has 0 unspecified atom stereocenters. The van der Waals surface area contributed by atoms with Crippen LogP contribution in [0.1, 0.15) is 62.1 Å². The highest BCUT2D eigenvalue weighted by molar-refractivity contribution is 7.91. The van der Waals surface area contributed by atoms with Crippen molar-refractivity contribution in [3.63, 3.8) is 0 Å². The lowest BCUT2D eigenvalue weighted by Crippen LogP contribution is -2.52. The fraction of sp³-hybridized carbons (Fsp3) is 0.500. The molecule has 2 aromatic carbocycles. The van der Waals surface area contributed by atoms with Crippen LogP contribution in [-0.2, 0) is 14.6 Å². The lowest BCUT2D eigenvalue weighted by atomic mass is 9.81. The predicted octanol–water partition coefficient (Wildman–Crippen LogP) is 4.79. The fourth-order valence-corrected chi connectivity index (χ4v) is 6.50. The molecule has 4 rings (SSSR count). The summed E-state index contributed by atoms with van der Waals surface area (Å²) in [5.74, 6) is 0.313. The van der Waals surface area contributed by atoms with Crippen molar-refractivity contribution in [1.29, 1.82) is 0 Å². The number of carbonyl (C=O) groups is 1. The normalized spacial score (nSPS) is 19.7. The number of likely N-dealkylation sites (tertiary alicyclic amines) is 1. The highest BCUT2D eigenvalue weighted by Gasteiger charge is 2.44. The Bertz CT molecular complexity index is 1140. The van der Waals surface area contributed by atoms with Crippen LogP contribution >= 0.6 is 0 Å². The van der Waals surface area contributed by atoms with E-state index in [0.29, 0.717) is 50.3 Å². The Hall–Kier alpha value is -2.45. The van der Waals surface area contributed by atoms with E-state index in [2.05, 4.69) is 0 Å². The van der Waals surface area contributed by atoms with E-state index in [1.807, 2.05) is 20.8 Å². The standard InChI is InChI=1S/C26H32FNO5S/c1-4-32-24-16-26(33-23-10-7-20(27)15-22(23)24)11-13-28(14-12-26)25(29)19-5-8-21(9-6-19)34(30,31)17-18(2)3/h5-10,15,18,24H,4,11-14,16-17H2,1-3H3/t24-/m1/s1. The summed E-state index contributed by atoms with van der Waals surface area (Å²) in [5, 5.41) is 0. The number of amides is 1. The fourth-order valence-electron chi connectivity index (χ4n) is 4.88. The Kier molecular flexibility index (Phi) is 7.01. The van der Waals surface area contributed by atoms with Crippen LogP contribution in [0.3, 0.4) is 0 Å². The molecule has 1 atom stereocenters. The van der Waals surface area contributed by atoms with Crippen molar-refractivity contribution in [3.05, 3.63) is 59.4 Å². The molecule has 8 heteroatoms. The average Bonchev–Trinajstić information content (AvgIpc) is 2.79. The molecule has 2 aromatic rings. The topological polar surface area (TPSA) is 72.9 Å². The molecule has 2 aliphatic heterocycles. The minimum atomic E-state index is -3.36. The molecule has 2 heterocycles. The van der Waals surface area contributed by atoms with Crippen LogP contribution < -0.4 is 4.74 Å². The summed E-state index contributed by atoms with van der Waals surface area (Å²) in [4.78, 5) is 15.1. The Labute approximate surface area is 201 Å². The number of fused-ring (bicyclic) bond motifs is 1. The van der Waals surface area contributed by atoms with Crippen LogP contribution in [-0.4, -0.2) is 50.3 Å². The second kappa shape index (κ2) is 9.66. The lowest BCUT2D eigenvalue weighted by Gasteiger charge is -2.46. The molecule has 0 aromatic heterocycles. The predicted molar refractivity (Wildman–Crippen MR) is 127 cm³/mol. The van der Waals surface area contributed by atoms with E-state index in [0.717, 1.165) is 5.56 Å². The number of halogens is 1. The minimum Gasteiger partial charge on any atom is -0.487 e. The van der Waals surface area contributed by atoms with Crippen LogP contribution in [0.4, 0.5) is 4.39 Å². The Morgan fingerprint density at radius 2 is 1.85 bits per heavy atom. The molecule has 2 aliphatic rings. The molecule has 1 spiro atoms. The van der Waals surface area contributed by atoms with Gasteiger partial charge in [0.05, 0.1) is 16.8 Å². The molecule has 0 radical (unpaired) electrons. The van der Waals surface area contributed by atoms with Crippen LogP contribution in [0.15, 0.2) is 47.4 Å². The molecule has 184 valence electrons. The van der Waals surface area contributed by atoms with Gasteiger partial charge in [-0.25, -0.2) is 12.8 Å². The smallest absolute Gasteiger partial charge is 0.253 e. The van der Waals surface area contributed by atoms with Gasteiger partial charge in [-0.05, 0) is 55.3 Å². The molecule has 0 aliphatic carbocycles. The molecular weight excluding hydrogens is 457 g/mol. The maximum atomic E-state index is 13.8. The van der Waals surface area contributed by atoms with E-state index >= 15 is 0 Å². The first-order valence-corrected chi connectivity index (χ1v) is 13.5. The van der Waals surface area contributed by atoms with Crippen molar-refractivity contribution in [3.8, 4) is 5.75 Å². The third-order valence-corrected chi connectivity index (χ3v) is 8.64. The second-order valence-electron chi connectivity index (χ2n) is 9.61. The van der Waals surface area contributed by atoms with Crippen molar-refractivity contribution in [1.82, 2.24) is 4.90 Å². The Balaban J connectivity index is 1.44. The van der Waals surface area contributed by atoms with Gasteiger partial charge < -0.3 is 14.4 Å². The van der Waals surface area contributed by atoms with Crippen LogP contribution in [0.5, 0.6) is 5.75 Å². The van der Waals surface area contributed by atoms with Gasteiger partial charge in [-0.2, -0.15) is 0 Å². The summed E-state index contributed by atoms with van der Waals surface area (Å²) in [7, 11) is -3.36. The first-order chi connectivity index (χ1) is 16.1. The zero-order valence-corrected chi connectivity index (χ0v) is 20.7. The first kappa shape index (κ1) is 24.7. The first-order valence-electron chi connectivity index (χ1n) is 11.8. The quantitative estimate of drug-likeness (QED) is 0.583. The van der Waals surface area contributed by atoms with Crippen LogP contribution in [0.25, 0.3) is 0 Å². The number of ether oxygens (including phenoxy) is 2. The summed E-state index contributed by atoms with van der Waals surface area (Å²) in [6, 6.07) is 10.7. The molecule has 6 nitrogen and oxygen atoms in total. The highest BCUT2D eigenvalue weighted by Crippen LogP contribution is 2.46. The van der Waals surface area contributed by atoms with Gasteiger partial charge in [0.25, 0.3) is 5.91 Å². The zero-order valence-electron chi connectivity index (χ0n) is 19.9. The summed E-state index contributed by atoms with van der Waals surface area (Å²) in [5.41, 5.74) is 0.742. The van der Waals surface area contributed by atoms with Gasteiger partial charge in [-0.3, -0.25) is 4.79 Å². The van der Waals surface area contributed by atoms with Gasteiger partial charge >= 0.3 is 0 Å². The number of nitrogens with zero attached hydrogens (tertiary/aromatic N) is 1. The number of rotatable bonds is 6. The van der Waals surface area contributed by atoms with E-state index in [1.54, 1.807) is 23.1 Å². The lowest BCUT2D eigenvalue weighted by molar-refractivity contribution is -0.0701. The van der Waals surface area contributed by atoms with Gasteiger partial charge in [0.15, 0.2) is 9.84 Å². The van der Waals surface area contributed by atoms with E-state index in [9.17, 15) is 17.6 Å². The summed E-state index contributed by atoms with van der Waals surface area (Å²) < 4.78 is 51.0. The largest absolute Gasteiger partial charge is 0.487 e. The van der Waals surface area contributed by atoms with Gasteiger partial charge in [-0.1, -0.05) is 13.8 Å². The molecule has 0 N–H and O–H groups in total.